The smallest absolute Gasteiger partial charge is 0.135 e. The van der Waals surface area contributed by atoms with Crippen LogP contribution in [0.2, 0.25) is 0 Å². The maximum absolute atomic E-state index is 4.97. The molecule has 0 unspecified atom stereocenters. The first-order chi connectivity index (χ1) is 16.2. The van der Waals surface area contributed by atoms with Crippen LogP contribution in [-0.4, -0.2) is 43.1 Å². The van der Waals surface area contributed by atoms with Gasteiger partial charge in [0.2, 0.25) is 0 Å². The Morgan fingerprint density at radius 3 is 2.79 bits per heavy atom. The molecule has 5 heterocycles. The summed E-state index contributed by atoms with van der Waals surface area (Å²) in [4.78, 5) is 15.4. The number of pyridine rings is 2. The van der Waals surface area contributed by atoms with Crippen molar-refractivity contribution in [1.82, 2.24) is 30.0 Å². The largest absolute Gasteiger partial charge is 0.371 e. The summed E-state index contributed by atoms with van der Waals surface area (Å²) >= 11 is 0. The highest BCUT2D eigenvalue weighted by Gasteiger charge is 2.20. The van der Waals surface area contributed by atoms with Crippen LogP contribution in [0.1, 0.15) is 43.0 Å². The summed E-state index contributed by atoms with van der Waals surface area (Å²) in [7, 11) is 0. The lowest BCUT2D eigenvalue weighted by Gasteiger charge is -2.31. The number of fused-ring (bicyclic) bond motifs is 1. The summed E-state index contributed by atoms with van der Waals surface area (Å²) in [6.45, 7) is 10.4. The Morgan fingerprint density at radius 2 is 2.00 bits per heavy atom. The molecule has 6 nitrogen and oxygen atoms in total. The van der Waals surface area contributed by atoms with E-state index >= 15 is 0 Å². The average molecular weight is 439 g/mol. The van der Waals surface area contributed by atoms with Gasteiger partial charge in [-0.05, 0) is 68.5 Å². The summed E-state index contributed by atoms with van der Waals surface area (Å²) in [5.74, 6) is 0. The Labute approximate surface area is 194 Å². The van der Waals surface area contributed by atoms with Crippen LogP contribution in [0.25, 0.3) is 39.4 Å². The predicted octanol–water partition coefficient (Wildman–Crippen LogP) is 5.90. The topological polar surface area (TPSA) is 73.5 Å². The Kier molecular flexibility index (Phi) is 5.82. The van der Waals surface area contributed by atoms with Crippen LogP contribution in [-0.2, 0) is 6.42 Å². The highest BCUT2D eigenvalue weighted by Crippen LogP contribution is 2.32. The van der Waals surface area contributed by atoms with Gasteiger partial charge in [0.05, 0.1) is 16.9 Å². The van der Waals surface area contributed by atoms with Crippen LogP contribution in [0, 0.1) is 6.92 Å². The SMILES string of the molecule is C=C/C=C(\c1cc(-c2n[nH]c3ccc(-c4cncc(CC)c4)nc23)[nH]c1C)N1CCCCC1. The van der Waals surface area contributed by atoms with Crippen molar-refractivity contribution in [1.29, 1.82) is 0 Å². The molecule has 1 aliphatic heterocycles. The third-order valence-electron chi connectivity index (χ3n) is 6.42. The fourth-order valence-electron chi connectivity index (χ4n) is 4.63. The van der Waals surface area contributed by atoms with Gasteiger partial charge in [-0.1, -0.05) is 19.6 Å². The molecule has 0 spiro atoms. The first-order valence-corrected chi connectivity index (χ1v) is 11.8. The van der Waals surface area contributed by atoms with E-state index in [1.807, 2.05) is 30.6 Å². The van der Waals surface area contributed by atoms with Gasteiger partial charge in [-0.25, -0.2) is 4.98 Å². The van der Waals surface area contributed by atoms with Crippen molar-refractivity contribution in [3.63, 3.8) is 0 Å². The van der Waals surface area contributed by atoms with Gasteiger partial charge in [0.25, 0.3) is 0 Å². The lowest BCUT2D eigenvalue weighted by Crippen LogP contribution is -2.28. The van der Waals surface area contributed by atoms with Crippen LogP contribution in [0.5, 0.6) is 0 Å². The van der Waals surface area contributed by atoms with Gasteiger partial charge in [0.15, 0.2) is 0 Å². The van der Waals surface area contributed by atoms with Crippen LogP contribution >= 0.6 is 0 Å². The summed E-state index contributed by atoms with van der Waals surface area (Å²) < 4.78 is 0. The van der Waals surface area contributed by atoms with Crippen molar-refractivity contribution in [3.05, 3.63) is 72.2 Å². The minimum absolute atomic E-state index is 0.831. The summed E-state index contributed by atoms with van der Waals surface area (Å²) in [5.41, 5.74) is 10.2. The zero-order valence-electron chi connectivity index (χ0n) is 19.4. The minimum Gasteiger partial charge on any atom is -0.371 e. The van der Waals surface area contributed by atoms with Crippen molar-refractivity contribution < 1.29 is 0 Å². The first-order valence-electron chi connectivity index (χ1n) is 11.8. The molecule has 2 N–H and O–H groups in total. The minimum atomic E-state index is 0.831. The van der Waals surface area contributed by atoms with Crippen LogP contribution in [0.15, 0.2) is 55.4 Å². The molecule has 168 valence electrons. The Balaban J connectivity index is 1.55. The number of nitrogens with zero attached hydrogens (tertiary/aromatic N) is 4. The molecular formula is C27H30N6. The second-order valence-corrected chi connectivity index (χ2v) is 8.66. The van der Waals surface area contributed by atoms with E-state index in [0.29, 0.717) is 0 Å². The number of aromatic amines is 2. The number of aromatic nitrogens is 5. The second-order valence-electron chi connectivity index (χ2n) is 8.66. The number of hydrogen-bond acceptors (Lipinski definition) is 4. The number of allylic oxidation sites excluding steroid dienone is 2. The van der Waals surface area contributed by atoms with E-state index in [4.69, 9.17) is 4.98 Å². The van der Waals surface area contributed by atoms with Gasteiger partial charge in [0.1, 0.15) is 11.2 Å². The molecule has 33 heavy (non-hydrogen) atoms. The molecular weight excluding hydrogens is 408 g/mol. The van der Waals surface area contributed by atoms with E-state index in [9.17, 15) is 0 Å². The molecule has 0 amide bonds. The van der Waals surface area contributed by atoms with Gasteiger partial charge in [-0.2, -0.15) is 5.10 Å². The highest BCUT2D eigenvalue weighted by atomic mass is 15.1. The zero-order chi connectivity index (χ0) is 22.8. The zero-order valence-corrected chi connectivity index (χ0v) is 19.4. The molecule has 0 aromatic carbocycles. The van der Waals surface area contributed by atoms with Crippen molar-refractivity contribution >= 4 is 16.7 Å². The van der Waals surface area contributed by atoms with Crippen molar-refractivity contribution in [2.45, 2.75) is 39.5 Å². The summed E-state index contributed by atoms with van der Waals surface area (Å²) in [5, 5.41) is 7.76. The number of nitrogens with one attached hydrogen (secondary N) is 2. The average Bonchev–Trinajstić information content (AvgIpc) is 3.46. The van der Waals surface area contributed by atoms with Crippen molar-refractivity contribution in [3.8, 4) is 22.6 Å². The van der Waals surface area contributed by atoms with E-state index in [-0.39, 0.29) is 0 Å². The molecule has 0 radical (unpaired) electrons. The van der Waals surface area contributed by atoms with E-state index in [2.05, 4.69) is 63.7 Å². The van der Waals surface area contributed by atoms with Crippen molar-refractivity contribution in [2.75, 3.05) is 13.1 Å². The maximum Gasteiger partial charge on any atom is 0.135 e. The first kappa shape index (κ1) is 21.2. The normalized spacial score (nSPS) is 14.7. The van der Waals surface area contributed by atoms with Gasteiger partial charge in [0, 0.05) is 48.0 Å². The van der Waals surface area contributed by atoms with Gasteiger partial charge in [-0.3, -0.25) is 10.1 Å². The van der Waals surface area contributed by atoms with Gasteiger partial charge >= 0.3 is 0 Å². The molecule has 1 fully saturated rings. The highest BCUT2D eigenvalue weighted by molar-refractivity contribution is 5.91. The molecule has 4 aromatic rings. The fraction of sp³-hybridized carbons (Fsp3) is 0.296. The van der Waals surface area contributed by atoms with E-state index in [0.717, 1.165) is 58.9 Å². The van der Waals surface area contributed by atoms with E-state index < -0.39 is 0 Å². The maximum atomic E-state index is 4.97. The number of piperidine rings is 1. The summed E-state index contributed by atoms with van der Waals surface area (Å²) in [6.07, 6.45) is 12.5. The fourth-order valence-corrected chi connectivity index (χ4v) is 4.63. The molecule has 0 saturated carbocycles. The number of H-pyrrole nitrogens is 2. The lowest BCUT2D eigenvalue weighted by molar-refractivity contribution is 0.326. The van der Waals surface area contributed by atoms with Crippen LogP contribution < -0.4 is 0 Å². The van der Waals surface area contributed by atoms with E-state index in [1.165, 1.54) is 36.1 Å². The third kappa shape index (κ3) is 4.09. The molecule has 0 atom stereocenters. The number of rotatable bonds is 6. The molecule has 0 bridgehead atoms. The monoisotopic (exact) mass is 438 g/mol. The lowest BCUT2D eigenvalue weighted by atomic mass is 10.1. The van der Waals surface area contributed by atoms with Crippen LogP contribution in [0.4, 0.5) is 0 Å². The predicted molar refractivity (Wildman–Crippen MR) is 135 cm³/mol. The standard InChI is InChI=1S/C27H30N6/c1-4-9-25(33-12-7-6-8-13-33)21-15-24(29-18(21)3)27-26-23(31-32-27)11-10-22(30-26)20-14-19(5-2)16-28-17-20/h4,9-11,14-17,29H,1,5-8,12-13H2,2-3H3,(H,31,32)/b25-9+. The third-order valence-corrected chi connectivity index (χ3v) is 6.42. The molecule has 6 heteroatoms. The Bertz CT molecular complexity index is 1320. The Hall–Kier alpha value is -3.67. The van der Waals surface area contributed by atoms with Crippen molar-refractivity contribution in [2.24, 2.45) is 0 Å². The van der Waals surface area contributed by atoms with Gasteiger partial charge < -0.3 is 9.88 Å². The molecule has 5 rings (SSSR count). The van der Waals surface area contributed by atoms with E-state index in [1.54, 1.807) is 0 Å². The van der Waals surface area contributed by atoms with Crippen LogP contribution in [0.3, 0.4) is 0 Å². The quantitative estimate of drug-likeness (QED) is 0.368. The summed E-state index contributed by atoms with van der Waals surface area (Å²) in [6, 6.07) is 8.42. The number of aryl methyl sites for hydroxylation is 2. The second kappa shape index (κ2) is 9.06. The molecule has 4 aromatic heterocycles. The molecule has 1 aliphatic rings. The number of likely N-dealkylation sites (tertiary alicyclic amines) is 1. The van der Waals surface area contributed by atoms with Gasteiger partial charge in [-0.15, -0.1) is 0 Å². The molecule has 1 saturated heterocycles. The Morgan fingerprint density at radius 1 is 1.15 bits per heavy atom. The number of hydrogen-bond donors (Lipinski definition) is 2. The molecule has 0 aliphatic carbocycles.